The molecule has 4 nitrogen and oxygen atoms in total. The number of rotatable bonds is 3. The summed E-state index contributed by atoms with van der Waals surface area (Å²) in [5.41, 5.74) is 7.36. The van der Waals surface area contributed by atoms with Crippen molar-refractivity contribution in [2.24, 2.45) is 0 Å². The molecule has 0 aliphatic carbocycles. The number of hydrogen-bond donors (Lipinski definition) is 3. The second kappa shape index (κ2) is 5.59. The van der Waals surface area contributed by atoms with E-state index in [1.165, 1.54) is 6.07 Å². The van der Waals surface area contributed by atoms with Gasteiger partial charge < -0.3 is 20.1 Å². The Balaban J connectivity index is 2.31. The number of nitrogens with two attached hydrogens (primary N) is 1. The van der Waals surface area contributed by atoms with Gasteiger partial charge in [0.1, 0.15) is 5.75 Å². The summed E-state index contributed by atoms with van der Waals surface area (Å²) in [6.45, 7) is 8.05. The molecule has 1 fully saturated rings. The van der Waals surface area contributed by atoms with Crippen LogP contribution in [0.2, 0.25) is 0 Å². The molecule has 0 bridgehead atoms. The first kappa shape index (κ1) is 16.3. The number of phenols is 1. The molecule has 1 aromatic rings. The van der Waals surface area contributed by atoms with Crippen molar-refractivity contribution in [3.8, 4) is 5.75 Å². The lowest BCUT2D eigenvalue weighted by atomic mass is 9.78. The Morgan fingerprint density at radius 2 is 1.86 bits per heavy atom. The SMILES string of the molecule is CC1(C)OB(C(=Cc2ccc(O)cc2N)CS)OC1(C)C. The highest BCUT2D eigenvalue weighted by Crippen LogP contribution is 2.39. The number of aromatic hydroxyl groups is 1. The third-order valence-electron chi connectivity index (χ3n) is 4.15. The summed E-state index contributed by atoms with van der Waals surface area (Å²) >= 11 is 4.37. The fraction of sp³-hybridized carbons (Fsp3) is 0.467. The van der Waals surface area contributed by atoms with E-state index in [0.717, 1.165) is 11.0 Å². The molecule has 2 rings (SSSR count). The standard InChI is InChI=1S/C15H22BNO3S/c1-14(2)15(3,4)20-16(19-14)11(9-21)7-10-5-6-12(18)8-13(10)17/h5-8,18,21H,9,17H2,1-4H3. The highest BCUT2D eigenvalue weighted by molar-refractivity contribution is 7.80. The fourth-order valence-corrected chi connectivity index (χ4v) is 2.32. The van der Waals surface area contributed by atoms with Crippen LogP contribution in [0.25, 0.3) is 6.08 Å². The van der Waals surface area contributed by atoms with E-state index in [1.807, 2.05) is 33.8 Å². The Morgan fingerprint density at radius 1 is 1.29 bits per heavy atom. The predicted molar refractivity (Wildman–Crippen MR) is 90.4 cm³/mol. The van der Waals surface area contributed by atoms with Gasteiger partial charge in [0.2, 0.25) is 0 Å². The molecule has 21 heavy (non-hydrogen) atoms. The van der Waals surface area contributed by atoms with E-state index >= 15 is 0 Å². The van der Waals surface area contributed by atoms with E-state index in [0.29, 0.717) is 11.4 Å². The number of nitrogen functional groups attached to an aromatic ring is 1. The van der Waals surface area contributed by atoms with Gasteiger partial charge in [-0.05, 0) is 50.9 Å². The lowest BCUT2D eigenvalue weighted by Gasteiger charge is -2.32. The summed E-state index contributed by atoms with van der Waals surface area (Å²) in [6.07, 6.45) is 1.91. The number of thiol groups is 1. The van der Waals surface area contributed by atoms with Gasteiger partial charge in [0, 0.05) is 17.5 Å². The van der Waals surface area contributed by atoms with E-state index in [1.54, 1.807) is 12.1 Å². The molecule has 0 saturated carbocycles. The molecule has 1 aromatic carbocycles. The van der Waals surface area contributed by atoms with Gasteiger partial charge in [-0.1, -0.05) is 6.08 Å². The fourth-order valence-electron chi connectivity index (χ4n) is 2.08. The number of phenolic OH excluding ortho intramolecular Hbond substituents is 1. The van der Waals surface area contributed by atoms with Gasteiger partial charge in [-0.3, -0.25) is 0 Å². The monoisotopic (exact) mass is 307 g/mol. The molecule has 6 heteroatoms. The molecule has 1 saturated heterocycles. The van der Waals surface area contributed by atoms with Gasteiger partial charge in [-0.15, -0.1) is 0 Å². The first-order valence-corrected chi connectivity index (χ1v) is 7.55. The van der Waals surface area contributed by atoms with Gasteiger partial charge in [-0.25, -0.2) is 0 Å². The Kier molecular flexibility index (Phi) is 4.33. The molecule has 3 N–H and O–H groups in total. The summed E-state index contributed by atoms with van der Waals surface area (Å²) < 4.78 is 12.0. The van der Waals surface area contributed by atoms with Gasteiger partial charge in [0.25, 0.3) is 0 Å². The van der Waals surface area contributed by atoms with E-state index in [2.05, 4.69) is 12.6 Å². The van der Waals surface area contributed by atoms with Crippen molar-refractivity contribution in [3.05, 3.63) is 29.2 Å². The Morgan fingerprint density at radius 3 is 2.33 bits per heavy atom. The highest BCUT2D eigenvalue weighted by atomic mass is 32.1. The maximum Gasteiger partial charge on any atom is 0.491 e. The van der Waals surface area contributed by atoms with E-state index in [4.69, 9.17) is 15.0 Å². The number of benzene rings is 1. The van der Waals surface area contributed by atoms with Crippen LogP contribution in [0.4, 0.5) is 5.69 Å². The maximum absolute atomic E-state index is 9.41. The van der Waals surface area contributed by atoms with E-state index in [-0.39, 0.29) is 17.0 Å². The van der Waals surface area contributed by atoms with Crippen LogP contribution in [0.15, 0.2) is 23.7 Å². The lowest BCUT2D eigenvalue weighted by molar-refractivity contribution is 0.00578. The van der Waals surface area contributed by atoms with Crippen LogP contribution >= 0.6 is 12.6 Å². The predicted octanol–water partition coefficient (Wildman–Crippen LogP) is 2.92. The Bertz CT molecular complexity index is 556. The molecule has 1 heterocycles. The minimum absolute atomic E-state index is 0.146. The third-order valence-corrected chi connectivity index (χ3v) is 4.51. The zero-order valence-corrected chi connectivity index (χ0v) is 13.8. The molecule has 0 spiro atoms. The molecule has 114 valence electrons. The van der Waals surface area contributed by atoms with Crippen LogP contribution in [0, 0.1) is 0 Å². The van der Waals surface area contributed by atoms with Gasteiger partial charge in [0.05, 0.1) is 11.2 Å². The quantitative estimate of drug-likeness (QED) is 0.456. The summed E-state index contributed by atoms with van der Waals surface area (Å²) in [5, 5.41) is 9.41. The van der Waals surface area contributed by atoms with Crippen molar-refractivity contribution in [1.29, 1.82) is 0 Å². The minimum Gasteiger partial charge on any atom is -0.508 e. The van der Waals surface area contributed by atoms with Gasteiger partial charge in [-0.2, -0.15) is 12.6 Å². The van der Waals surface area contributed by atoms with Crippen LogP contribution in [0.5, 0.6) is 5.75 Å². The average molecular weight is 307 g/mol. The molecule has 0 atom stereocenters. The van der Waals surface area contributed by atoms with Crippen LogP contribution in [-0.2, 0) is 9.31 Å². The Hall–Kier alpha value is -1.11. The van der Waals surface area contributed by atoms with Crippen molar-refractivity contribution in [2.45, 2.75) is 38.9 Å². The molecular formula is C15H22BNO3S. The minimum atomic E-state index is -0.444. The summed E-state index contributed by atoms with van der Waals surface area (Å²) in [7, 11) is -0.444. The number of anilines is 1. The lowest BCUT2D eigenvalue weighted by Crippen LogP contribution is -2.41. The summed E-state index contributed by atoms with van der Waals surface area (Å²) in [4.78, 5) is 0. The van der Waals surface area contributed by atoms with Gasteiger partial charge in [0.15, 0.2) is 0 Å². The summed E-state index contributed by atoms with van der Waals surface area (Å²) in [6, 6.07) is 4.88. The van der Waals surface area contributed by atoms with Gasteiger partial charge >= 0.3 is 7.12 Å². The topological polar surface area (TPSA) is 64.7 Å². The van der Waals surface area contributed by atoms with Crippen molar-refractivity contribution >= 4 is 31.5 Å². The maximum atomic E-state index is 9.41. The van der Waals surface area contributed by atoms with Crippen LogP contribution in [0.3, 0.4) is 0 Å². The molecule has 1 aliphatic heterocycles. The summed E-state index contributed by atoms with van der Waals surface area (Å²) in [5.74, 6) is 0.643. The largest absolute Gasteiger partial charge is 0.508 e. The number of hydrogen-bond acceptors (Lipinski definition) is 5. The zero-order valence-electron chi connectivity index (χ0n) is 12.9. The highest BCUT2D eigenvalue weighted by Gasteiger charge is 2.52. The Labute approximate surface area is 131 Å². The van der Waals surface area contributed by atoms with Crippen molar-refractivity contribution in [3.63, 3.8) is 0 Å². The molecular weight excluding hydrogens is 285 g/mol. The zero-order chi connectivity index (χ0) is 15.8. The van der Waals surface area contributed by atoms with E-state index < -0.39 is 7.12 Å². The van der Waals surface area contributed by atoms with Crippen molar-refractivity contribution in [2.75, 3.05) is 11.5 Å². The molecule has 1 aliphatic rings. The first-order valence-electron chi connectivity index (χ1n) is 6.92. The second-order valence-electron chi connectivity index (χ2n) is 6.28. The normalized spacial score (nSPS) is 20.8. The molecule has 0 radical (unpaired) electrons. The van der Waals surface area contributed by atoms with Crippen LogP contribution < -0.4 is 5.73 Å². The van der Waals surface area contributed by atoms with E-state index in [9.17, 15) is 5.11 Å². The average Bonchev–Trinajstić information content (AvgIpc) is 2.57. The molecule has 0 amide bonds. The molecule has 0 aromatic heterocycles. The first-order chi connectivity index (χ1) is 9.66. The second-order valence-corrected chi connectivity index (χ2v) is 6.60. The van der Waals surface area contributed by atoms with Crippen molar-refractivity contribution in [1.82, 2.24) is 0 Å². The third kappa shape index (κ3) is 3.22. The van der Waals surface area contributed by atoms with Crippen LogP contribution in [-0.4, -0.2) is 29.2 Å². The smallest absolute Gasteiger partial charge is 0.491 e. The molecule has 0 unspecified atom stereocenters. The van der Waals surface area contributed by atoms with Crippen molar-refractivity contribution < 1.29 is 14.4 Å². The van der Waals surface area contributed by atoms with Crippen LogP contribution in [0.1, 0.15) is 33.3 Å².